The summed E-state index contributed by atoms with van der Waals surface area (Å²) < 4.78 is 4.87. The van der Waals surface area contributed by atoms with Gasteiger partial charge in [0.25, 0.3) is 5.56 Å². The zero-order chi connectivity index (χ0) is 12.0. The fourth-order valence-corrected chi connectivity index (χ4v) is 1.88. The van der Waals surface area contributed by atoms with Crippen molar-refractivity contribution >= 4 is 27.3 Å². The second-order valence-electron chi connectivity index (χ2n) is 2.82. The van der Waals surface area contributed by atoms with Gasteiger partial charge in [-0.2, -0.15) is 5.10 Å². The number of rotatable bonds is 5. The highest BCUT2D eigenvalue weighted by molar-refractivity contribution is 7.99. The molecule has 0 aliphatic rings. The Labute approximate surface area is 96.8 Å². The maximum atomic E-state index is 11.2. The van der Waals surface area contributed by atoms with Crippen molar-refractivity contribution in [3.05, 3.63) is 20.8 Å². The van der Waals surface area contributed by atoms with Crippen molar-refractivity contribution in [2.75, 3.05) is 12.0 Å². The van der Waals surface area contributed by atoms with E-state index in [0.717, 1.165) is 11.8 Å². The topological polar surface area (TPSA) is 105 Å². The minimum absolute atomic E-state index is 0.0104. The van der Waals surface area contributed by atoms with Gasteiger partial charge in [-0.05, 0) is 0 Å². The van der Waals surface area contributed by atoms with Crippen LogP contribution in [-0.2, 0) is 9.53 Å². The lowest BCUT2D eigenvalue weighted by molar-refractivity contribution is -0.138. The number of aromatic amines is 2. The number of aromatic nitrogens is 3. The fourth-order valence-electron chi connectivity index (χ4n) is 0.820. The number of thioether (sulfide) groups is 1. The Kier molecular flexibility index (Phi) is 4.99. The minimum atomic E-state index is -0.672. The predicted octanol–water partition coefficient (Wildman–Crippen LogP) is -1.73. The van der Waals surface area contributed by atoms with E-state index in [1.807, 2.05) is 11.5 Å². The first-order chi connectivity index (χ1) is 7.63. The first-order valence-corrected chi connectivity index (χ1v) is 8.01. The highest BCUT2D eigenvalue weighted by atomic mass is 32.2. The van der Waals surface area contributed by atoms with Crippen LogP contribution in [0.15, 0.2) is 14.6 Å². The molecule has 1 heterocycles. The van der Waals surface area contributed by atoms with Crippen molar-refractivity contribution in [1.29, 1.82) is 0 Å². The van der Waals surface area contributed by atoms with Gasteiger partial charge in [0.2, 0.25) is 0 Å². The molecule has 0 atom stereocenters. The molecule has 1 rings (SSSR count). The van der Waals surface area contributed by atoms with Gasteiger partial charge < -0.3 is 4.74 Å². The molecule has 0 bridgehead atoms. The van der Waals surface area contributed by atoms with Gasteiger partial charge in [0.15, 0.2) is 5.03 Å². The van der Waals surface area contributed by atoms with Crippen LogP contribution in [0.1, 0.15) is 0 Å². The van der Waals surface area contributed by atoms with Gasteiger partial charge >= 0.3 is 11.7 Å². The molecule has 0 amide bonds. The molecule has 0 aliphatic carbocycles. The van der Waals surface area contributed by atoms with Gasteiger partial charge in [-0.15, -0.1) is 0 Å². The van der Waals surface area contributed by atoms with Crippen LogP contribution in [-0.4, -0.2) is 42.7 Å². The average Bonchev–Trinajstić information content (AvgIpc) is 2.25. The molecule has 16 heavy (non-hydrogen) atoms. The van der Waals surface area contributed by atoms with Crippen LogP contribution in [0, 0.1) is 0 Å². The summed E-state index contributed by atoms with van der Waals surface area (Å²) in [5, 5.41) is 5.64. The minimum Gasteiger partial charge on any atom is -0.470 e. The van der Waals surface area contributed by atoms with Crippen molar-refractivity contribution in [2.24, 2.45) is 0 Å². The average molecular weight is 261 g/mol. The monoisotopic (exact) mass is 261 g/mol. The molecule has 0 fully saturated rings. The summed E-state index contributed by atoms with van der Waals surface area (Å²) in [5.74, 6) is -0.372. The Morgan fingerprint density at radius 1 is 1.56 bits per heavy atom. The third kappa shape index (κ3) is 4.02. The molecule has 7 nitrogen and oxygen atoms in total. The Balaban J connectivity index is 2.52. The molecule has 0 saturated heterocycles. The van der Waals surface area contributed by atoms with Gasteiger partial charge in [-0.25, -0.2) is 9.89 Å². The van der Waals surface area contributed by atoms with E-state index < -0.39 is 11.2 Å². The number of H-pyrrole nitrogens is 2. The normalized spacial score (nSPS) is 10.8. The van der Waals surface area contributed by atoms with Crippen LogP contribution >= 0.6 is 11.8 Å². The van der Waals surface area contributed by atoms with Crippen LogP contribution in [0.25, 0.3) is 0 Å². The van der Waals surface area contributed by atoms with Crippen LogP contribution in [0.5, 0.6) is 0 Å². The van der Waals surface area contributed by atoms with Gasteiger partial charge in [0, 0.05) is 0 Å². The highest BCUT2D eigenvalue weighted by Crippen LogP contribution is 2.07. The Bertz CT molecular complexity index is 471. The number of carbonyl (C=O) groups is 1. The van der Waals surface area contributed by atoms with E-state index >= 15 is 0 Å². The number of ether oxygens (including phenoxy) is 1. The first kappa shape index (κ1) is 12.7. The van der Waals surface area contributed by atoms with E-state index in [9.17, 15) is 14.4 Å². The molecular formula is C7H11N3O4SSi. The molecule has 0 aliphatic heterocycles. The molecule has 0 saturated carbocycles. The zero-order valence-electron chi connectivity index (χ0n) is 8.61. The van der Waals surface area contributed by atoms with Gasteiger partial charge in [0.05, 0.1) is 21.5 Å². The number of nitrogens with one attached hydrogen (secondary N) is 2. The Morgan fingerprint density at radius 2 is 2.31 bits per heavy atom. The van der Waals surface area contributed by atoms with Crippen LogP contribution in [0.2, 0.25) is 6.55 Å². The van der Waals surface area contributed by atoms with Crippen LogP contribution < -0.4 is 11.2 Å². The number of esters is 1. The molecule has 2 N–H and O–H groups in total. The van der Waals surface area contributed by atoms with Crippen molar-refractivity contribution in [3.8, 4) is 0 Å². The van der Waals surface area contributed by atoms with E-state index in [-0.39, 0.29) is 26.3 Å². The summed E-state index contributed by atoms with van der Waals surface area (Å²) in [7, 11) is -0.305. The largest absolute Gasteiger partial charge is 0.470 e. The lowest BCUT2D eigenvalue weighted by Crippen LogP contribution is -2.25. The third-order valence-corrected chi connectivity index (χ3v) is 3.02. The SMILES string of the molecule is C[SiH2]COC(=O)CSc1n[nH]c(=O)[nH]c1=O. The van der Waals surface area contributed by atoms with Gasteiger partial charge in [0.1, 0.15) is 0 Å². The predicted molar refractivity (Wildman–Crippen MR) is 61.6 cm³/mol. The van der Waals surface area contributed by atoms with Gasteiger partial charge in [-0.1, -0.05) is 18.3 Å². The molecule has 0 unspecified atom stereocenters. The van der Waals surface area contributed by atoms with E-state index in [2.05, 4.69) is 10.2 Å². The maximum absolute atomic E-state index is 11.2. The number of hydrogen-bond donors (Lipinski definition) is 2. The maximum Gasteiger partial charge on any atom is 0.342 e. The molecule has 9 heteroatoms. The lowest BCUT2D eigenvalue weighted by atomic mass is 10.8. The number of carbonyl (C=O) groups excluding carboxylic acids is 1. The summed E-state index contributed by atoms with van der Waals surface area (Å²) in [6, 6.07) is 0. The van der Waals surface area contributed by atoms with Gasteiger partial charge in [-0.3, -0.25) is 14.6 Å². The highest BCUT2D eigenvalue weighted by Gasteiger charge is 2.08. The van der Waals surface area contributed by atoms with Crippen molar-refractivity contribution in [2.45, 2.75) is 11.6 Å². The molecule has 0 aromatic carbocycles. The molecular weight excluding hydrogens is 250 g/mol. The Morgan fingerprint density at radius 3 is 2.94 bits per heavy atom. The van der Waals surface area contributed by atoms with E-state index in [1.54, 1.807) is 0 Å². The van der Waals surface area contributed by atoms with Crippen molar-refractivity contribution < 1.29 is 9.53 Å². The Hall–Kier alpha value is -1.35. The van der Waals surface area contributed by atoms with E-state index in [0.29, 0.717) is 6.23 Å². The van der Waals surface area contributed by atoms with Crippen molar-refractivity contribution in [1.82, 2.24) is 15.2 Å². The summed E-state index contributed by atoms with van der Waals surface area (Å²) in [6.07, 6.45) is 0.495. The number of hydrogen-bond acceptors (Lipinski definition) is 6. The van der Waals surface area contributed by atoms with E-state index in [1.165, 1.54) is 0 Å². The fraction of sp³-hybridized carbons (Fsp3) is 0.429. The summed E-state index contributed by atoms with van der Waals surface area (Å²) in [5.41, 5.74) is -1.28. The molecule has 0 spiro atoms. The van der Waals surface area contributed by atoms with Crippen molar-refractivity contribution in [3.63, 3.8) is 0 Å². The number of nitrogens with zero attached hydrogens (tertiary/aromatic N) is 1. The second-order valence-corrected chi connectivity index (χ2v) is 5.19. The quantitative estimate of drug-likeness (QED) is 0.371. The molecule has 1 aromatic heterocycles. The van der Waals surface area contributed by atoms with Crippen LogP contribution in [0.3, 0.4) is 0 Å². The summed E-state index contributed by atoms with van der Waals surface area (Å²) in [6.45, 7) is 2.02. The summed E-state index contributed by atoms with van der Waals surface area (Å²) in [4.78, 5) is 34.9. The summed E-state index contributed by atoms with van der Waals surface area (Å²) >= 11 is 0.930. The smallest absolute Gasteiger partial charge is 0.342 e. The zero-order valence-corrected chi connectivity index (χ0v) is 10.8. The second kappa shape index (κ2) is 6.28. The van der Waals surface area contributed by atoms with E-state index in [4.69, 9.17) is 4.74 Å². The lowest BCUT2D eigenvalue weighted by Gasteiger charge is -2.01. The molecule has 0 radical (unpaired) electrons. The molecule has 1 aromatic rings. The standard InChI is InChI=1S/C7H11N3O4SSi/c1-16-3-14-4(11)2-15-6-5(12)8-7(13)10-9-6/h2-3,16H2,1H3,(H2,8,10,12,13). The van der Waals surface area contributed by atoms with Crippen LogP contribution in [0.4, 0.5) is 0 Å². The first-order valence-electron chi connectivity index (χ1n) is 4.61. The third-order valence-electron chi connectivity index (χ3n) is 1.47. The molecule has 88 valence electrons.